The van der Waals surface area contributed by atoms with E-state index < -0.39 is 11.7 Å². The van der Waals surface area contributed by atoms with Crippen molar-refractivity contribution in [2.75, 3.05) is 25.5 Å². The largest absolute Gasteiger partial charge is 0.444 e. The van der Waals surface area contributed by atoms with E-state index in [-0.39, 0.29) is 24.0 Å². The Labute approximate surface area is 208 Å². The maximum Gasteiger partial charge on any atom is 0.412 e. The van der Waals surface area contributed by atoms with Gasteiger partial charge in [-0.2, -0.15) is 0 Å². The smallest absolute Gasteiger partial charge is 0.412 e. The summed E-state index contributed by atoms with van der Waals surface area (Å²) in [7, 11) is 1.83. The van der Waals surface area contributed by atoms with Crippen LogP contribution in [0.3, 0.4) is 0 Å². The Hall–Kier alpha value is -1.55. The first-order valence-electron chi connectivity index (χ1n) is 11.5. The number of guanidine groups is 1. The van der Waals surface area contributed by atoms with Crippen LogP contribution in [-0.4, -0.2) is 50.0 Å². The van der Waals surface area contributed by atoms with Gasteiger partial charge in [-0.05, 0) is 64.2 Å². The van der Waals surface area contributed by atoms with Gasteiger partial charge in [-0.3, -0.25) is 10.3 Å². The summed E-state index contributed by atoms with van der Waals surface area (Å²) < 4.78 is 11.3. The van der Waals surface area contributed by atoms with Gasteiger partial charge in [0.15, 0.2) is 5.96 Å². The fraction of sp³-hybridized carbons (Fsp3) is 0.667. The molecule has 3 N–H and O–H groups in total. The van der Waals surface area contributed by atoms with Gasteiger partial charge in [-0.25, -0.2) is 4.79 Å². The molecule has 1 amide bonds. The van der Waals surface area contributed by atoms with Gasteiger partial charge >= 0.3 is 6.09 Å². The maximum absolute atomic E-state index is 11.9. The number of nitrogens with one attached hydrogen (secondary N) is 3. The molecule has 0 bridgehead atoms. The summed E-state index contributed by atoms with van der Waals surface area (Å²) in [5, 5.41) is 9.93. The molecule has 8 heteroatoms. The number of hydrogen-bond donors (Lipinski definition) is 3. The second kappa shape index (κ2) is 10.2. The number of carbonyl (C=O) groups excluding carboxylic acids is 1. The van der Waals surface area contributed by atoms with Crippen LogP contribution in [0.5, 0.6) is 0 Å². The van der Waals surface area contributed by atoms with E-state index in [0.29, 0.717) is 23.5 Å². The molecule has 1 aromatic rings. The molecule has 178 valence electrons. The van der Waals surface area contributed by atoms with Gasteiger partial charge in [0, 0.05) is 43.3 Å². The Bertz CT molecular complexity index is 818. The molecule has 3 unspecified atom stereocenters. The van der Waals surface area contributed by atoms with Crippen molar-refractivity contribution in [3.8, 4) is 0 Å². The van der Waals surface area contributed by atoms with Crippen LogP contribution in [0, 0.1) is 11.3 Å². The lowest BCUT2D eigenvalue weighted by Crippen LogP contribution is -2.72. The molecular weight excluding hydrogens is 519 g/mol. The first-order chi connectivity index (χ1) is 14.8. The van der Waals surface area contributed by atoms with E-state index in [4.69, 9.17) is 9.47 Å². The van der Waals surface area contributed by atoms with Gasteiger partial charge in [-0.1, -0.05) is 18.6 Å². The van der Waals surface area contributed by atoms with E-state index in [1.54, 1.807) is 0 Å². The number of benzene rings is 1. The SMILES string of the molecule is CN=C(NCCc1ccc(NC(=O)OC(C)(C)C)cc1)NC1C2CCOC2C12CCC2.I. The number of nitrogens with zero attached hydrogens (tertiary/aromatic N) is 1. The minimum Gasteiger partial charge on any atom is -0.444 e. The summed E-state index contributed by atoms with van der Waals surface area (Å²) in [6, 6.07) is 8.35. The van der Waals surface area contributed by atoms with Crippen molar-refractivity contribution in [1.29, 1.82) is 0 Å². The maximum atomic E-state index is 11.9. The van der Waals surface area contributed by atoms with Gasteiger partial charge < -0.3 is 20.1 Å². The molecule has 4 rings (SSSR count). The molecule has 0 aromatic heterocycles. The Morgan fingerprint density at radius 2 is 1.97 bits per heavy atom. The van der Waals surface area contributed by atoms with Crippen LogP contribution in [0.2, 0.25) is 0 Å². The van der Waals surface area contributed by atoms with Crippen LogP contribution in [0.4, 0.5) is 10.5 Å². The van der Waals surface area contributed by atoms with Gasteiger partial charge in [0.2, 0.25) is 0 Å². The second-order valence-electron chi connectivity index (χ2n) is 10.0. The average Bonchev–Trinajstić information content (AvgIpc) is 3.08. The number of amides is 1. The highest BCUT2D eigenvalue weighted by Crippen LogP contribution is 2.62. The normalized spacial score (nSPS) is 25.6. The molecule has 0 radical (unpaired) electrons. The van der Waals surface area contributed by atoms with Crippen molar-refractivity contribution < 1.29 is 14.3 Å². The molecule has 1 saturated heterocycles. The molecule has 1 aliphatic heterocycles. The van der Waals surface area contributed by atoms with Crippen LogP contribution < -0.4 is 16.0 Å². The molecule has 3 atom stereocenters. The molecule has 3 aliphatic rings. The number of anilines is 1. The van der Waals surface area contributed by atoms with Gasteiger partial charge in [-0.15, -0.1) is 24.0 Å². The Balaban J connectivity index is 0.00000289. The highest BCUT2D eigenvalue weighted by Gasteiger charge is 2.66. The summed E-state index contributed by atoms with van der Waals surface area (Å²) in [5.41, 5.74) is 1.76. The van der Waals surface area contributed by atoms with Gasteiger partial charge in [0.25, 0.3) is 0 Å². The highest BCUT2D eigenvalue weighted by molar-refractivity contribution is 14.0. The summed E-state index contributed by atoms with van der Waals surface area (Å²) in [4.78, 5) is 16.3. The van der Waals surface area contributed by atoms with E-state index in [1.165, 1.54) is 24.8 Å². The lowest BCUT2D eigenvalue weighted by molar-refractivity contribution is -0.171. The van der Waals surface area contributed by atoms with Crippen LogP contribution in [0.15, 0.2) is 29.3 Å². The zero-order chi connectivity index (χ0) is 22.1. The highest BCUT2D eigenvalue weighted by atomic mass is 127. The van der Waals surface area contributed by atoms with Crippen LogP contribution in [0.25, 0.3) is 0 Å². The molecule has 1 heterocycles. The lowest BCUT2D eigenvalue weighted by atomic mass is 9.46. The van der Waals surface area contributed by atoms with Gasteiger partial charge in [0.05, 0.1) is 6.10 Å². The lowest BCUT2D eigenvalue weighted by Gasteiger charge is -2.63. The summed E-state index contributed by atoms with van der Waals surface area (Å²) in [6.45, 7) is 7.25. The Kier molecular flexibility index (Phi) is 7.96. The minimum atomic E-state index is -0.508. The number of rotatable bonds is 5. The number of fused-ring (bicyclic) bond motifs is 2. The molecule has 2 aliphatic carbocycles. The number of carbonyl (C=O) groups is 1. The van der Waals surface area contributed by atoms with E-state index in [2.05, 4.69) is 20.9 Å². The van der Waals surface area contributed by atoms with Crippen LogP contribution >= 0.6 is 24.0 Å². The fourth-order valence-electron chi connectivity index (χ4n) is 5.30. The quantitative estimate of drug-likeness (QED) is 0.286. The third-order valence-electron chi connectivity index (χ3n) is 6.86. The third-order valence-corrected chi connectivity index (χ3v) is 6.86. The molecule has 2 saturated carbocycles. The standard InChI is InChI=1S/C24H36N4O3.HI/c1-23(2,3)31-22(29)27-17-8-6-16(7-9-17)10-14-26-21(25-4)28-19-18-11-15-30-20(18)24(19)12-5-13-24;/h6-9,18-20H,5,10-15H2,1-4H3,(H,27,29)(H2,25,26,28);1H. The molecule has 3 fully saturated rings. The Morgan fingerprint density at radius 1 is 1.25 bits per heavy atom. The van der Waals surface area contributed by atoms with Crippen molar-refractivity contribution >= 4 is 41.7 Å². The van der Waals surface area contributed by atoms with Crippen molar-refractivity contribution in [1.82, 2.24) is 10.6 Å². The first-order valence-corrected chi connectivity index (χ1v) is 11.5. The third kappa shape index (κ3) is 5.32. The monoisotopic (exact) mass is 556 g/mol. The van der Waals surface area contributed by atoms with Crippen molar-refractivity contribution in [2.24, 2.45) is 16.3 Å². The second-order valence-corrected chi connectivity index (χ2v) is 10.0. The Morgan fingerprint density at radius 3 is 2.56 bits per heavy atom. The number of halogens is 1. The molecule has 32 heavy (non-hydrogen) atoms. The predicted octanol–water partition coefficient (Wildman–Crippen LogP) is 4.32. The number of hydrogen-bond acceptors (Lipinski definition) is 4. The van der Waals surface area contributed by atoms with E-state index >= 15 is 0 Å². The van der Waals surface area contributed by atoms with E-state index in [9.17, 15) is 4.79 Å². The summed E-state index contributed by atoms with van der Waals surface area (Å²) in [6.07, 6.45) is 5.91. The van der Waals surface area contributed by atoms with Gasteiger partial charge in [0.1, 0.15) is 5.60 Å². The van der Waals surface area contributed by atoms with Crippen molar-refractivity contribution in [3.05, 3.63) is 29.8 Å². The number of aliphatic imine (C=N–C) groups is 1. The van der Waals surface area contributed by atoms with Crippen molar-refractivity contribution in [2.45, 2.75) is 70.6 Å². The zero-order valence-electron chi connectivity index (χ0n) is 19.6. The van der Waals surface area contributed by atoms with Crippen LogP contribution in [-0.2, 0) is 15.9 Å². The average molecular weight is 556 g/mol. The molecular formula is C24H37IN4O3. The minimum absolute atomic E-state index is 0. The molecule has 7 nitrogen and oxygen atoms in total. The first kappa shape index (κ1) is 25.1. The van der Waals surface area contributed by atoms with Crippen LogP contribution in [0.1, 0.15) is 52.0 Å². The van der Waals surface area contributed by atoms with E-state index in [0.717, 1.165) is 37.6 Å². The topological polar surface area (TPSA) is 84.0 Å². The summed E-state index contributed by atoms with van der Waals surface area (Å²) in [5.74, 6) is 1.51. The number of ether oxygens (including phenoxy) is 2. The predicted molar refractivity (Wildman–Crippen MR) is 138 cm³/mol. The fourth-order valence-corrected chi connectivity index (χ4v) is 5.30. The van der Waals surface area contributed by atoms with E-state index in [1.807, 2.05) is 52.1 Å². The van der Waals surface area contributed by atoms with Crippen molar-refractivity contribution in [3.63, 3.8) is 0 Å². The zero-order valence-corrected chi connectivity index (χ0v) is 21.9. The molecule has 1 aromatic carbocycles. The molecule has 1 spiro atoms. The summed E-state index contributed by atoms with van der Waals surface area (Å²) >= 11 is 0.